The van der Waals surface area contributed by atoms with Gasteiger partial charge in [-0.05, 0) is 42.0 Å². The predicted octanol–water partition coefficient (Wildman–Crippen LogP) is 1.93. The molecule has 3 rings (SSSR count). The van der Waals surface area contributed by atoms with E-state index in [1.165, 1.54) is 0 Å². The third-order valence-corrected chi connectivity index (χ3v) is 4.86. The monoisotopic (exact) mass is 386 g/mol. The Labute approximate surface area is 163 Å². The molecule has 1 heterocycles. The van der Waals surface area contributed by atoms with E-state index in [0.717, 1.165) is 24.3 Å². The summed E-state index contributed by atoms with van der Waals surface area (Å²) in [5.41, 5.74) is 8.26. The maximum atomic E-state index is 12.3. The van der Waals surface area contributed by atoms with Crippen molar-refractivity contribution in [1.29, 1.82) is 0 Å². The van der Waals surface area contributed by atoms with E-state index in [0.29, 0.717) is 23.8 Å². The molecular weight excluding hydrogens is 364 g/mol. The number of carbonyl (C=O) groups is 2. The molecule has 27 heavy (non-hydrogen) atoms. The van der Waals surface area contributed by atoms with Gasteiger partial charge in [-0.15, -0.1) is 0 Å². The van der Waals surface area contributed by atoms with Crippen LogP contribution in [0.15, 0.2) is 48.5 Å². The van der Waals surface area contributed by atoms with Gasteiger partial charge < -0.3 is 20.9 Å². The molecule has 0 bridgehead atoms. The number of carbonyl (C=O) groups excluding carboxylic acids is 2. The zero-order valence-electron chi connectivity index (χ0n) is 15.0. The molecule has 0 atom stereocenters. The molecule has 0 spiro atoms. The molecule has 0 unspecified atom stereocenters. The molecule has 7 heteroatoms. The summed E-state index contributed by atoms with van der Waals surface area (Å²) >= 11 is 5.92. The van der Waals surface area contributed by atoms with Crippen molar-refractivity contribution in [3.05, 3.63) is 59.1 Å². The first-order valence-electron chi connectivity index (χ1n) is 8.90. The van der Waals surface area contributed by atoms with Gasteiger partial charge in [0.25, 0.3) is 0 Å². The van der Waals surface area contributed by atoms with Gasteiger partial charge in [-0.3, -0.25) is 9.59 Å². The average molecular weight is 387 g/mol. The number of nitrogens with zero attached hydrogens (tertiary/aromatic N) is 2. The number of amides is 2. The predicted molar refractivity (Wildman–Crippen MR) is 108 cm³/mol. The SMILES string of the molecule is Nc1ccc(CC(=O)NCC(=O)N2CCN(c3ccc(Cl)cc3)CC2)cc1. The van der Waals surface area contributed by atoms with Crippen LogP contribution in [-0.2, 0) is 16.0 Å². The van der Waals surface area contributed by atoms with Gasteiger partial charge in [-0.1, -0.05) is 23.7 Å². The molecule has 3 N–H and O–H groups in total. The van der Waals surface area contributed by atoms with Gasteiger partial charge in [-0.25, -0.2) is 0 Å². The average Bonchev–Trinajstić information content (AvgIpc) is 2.69. The molecule has 1 fully saturated rings. The molecule has 0 saturated carbocycles. The van der Waals surface area contributed by atoms with Gasteiger partial charge in [0.2, 0.25) is 11.8 Å². The molecule has 2 aromatic rings. The van der Waals surface area contributed by atoms with Crippen LogP contribution in [-0.4, -0.2) is 49.4 Å². The van der Waals surface area contributed by atoms with Crippen LogP contribution < -0.4 is 16.0 Å². The third kappa shape index (κ3) is 5.37. The first-order chi connectivity index (χ1) is 13.0. The van der Waals surface area contributed by atoms with Crippen LogP contribution in [0.1, 0.15) is 5.56 Å². The summed E-state index contributed by atoms with van der Waals surface area (Å²) in [6.07, 6.45) is 0.234. The topological polar surface area (TPSA) is 78.7 Å². The Balaban J connectivity index is 1.42. The number of rotatable bonds is 5. The van der Waals surface area contributed by atoms with Crippen LogP contribution in [0, 0.1) is 0 Å². The third-order valence-electron chi connectivity index (χ3n) is 4.61. The fraction of sp³-hybridized carbons (Fsp3) is 0.300. The van der Waals surface area contributed by atoms with E-state index in [1.807, 2.05) is 36.4 Å². The van der Waals surface area contributed by atoms with Crippen molar-refractivity contribution < 1.29 is 9.59 Å². The van der Waals surface area contributed by atoms with Gasteiger partial charge in [0.15, 0.2) is 0 Å². The molecular formula is C20H23ClN4O2. The highest BCUT2D eigenvalue weighted by Crippen LogP contribution is 2.19. The summed E-state index contributed by atoms with van der Waals surface area (Å²) in [4.78, 5) is 28.4. The quantitative estimate of drug-likeness (QED) is 0.769. The maximum absolute atomic E-state index is 12.3. The van der Waals surface area contributed by atoms with Crippen LogP contribution in [0.4, 0.5) is 11.4 Å². The van der Waals surface area contributed by atoms with Gasteiger partial charge >= 0.3 is 0 Å². The van der Waals surface area contributed by atoms with Gasteiger partial charge in [0, 0.05) is 42.6 Å². The van der Waals surface area contributed by atoms with Crippen molar-refractivity contribution in [3.63, 3.8) is 0 Å². The zero-order valence-corrected chi connectivity index (χ0v) is 15.8. The number of benzene rings is 2. The minimum Gasteiger partial charge on any atom is -0.399 e. The van der Waals surface area contributed by atoms with Gasteiger partial charge in [0.1, 0.15) is 0 Å². The lowest BCUT2D eigenvalue weighted by atomic mass is 10.1. The highest BCUT2D eigenvalue weighted by molar-refractivity contribution is 6.30. The summed E-state index contributed by atoms with van der Waals surface area (Å²) in [5, 5.41) is 3.41. The Hall–Kier alpha value is -2.73. The molecule has 0 aliphatic carbocycles. The second-order valence-corrected chi connectivity index (χ2v) is 6.98. The number of nitrogens with one attached hydrogen (secondary N) is 1. The van der Waals surface area contributed by atoms with Crippen molar-refractivity contribution in [2.75, 3.05) is 43.4 Å². The van der Waals surface area contributed by atoms with E-state index in [1.54, 1.807) is 17.0 Å². The molecule has 1 aliphatic rings. The van der Waals surface area contributed by atoms with Crippen LogP contribution in [0.3, 0.4) is 0 Å². The van der Waals surface area contributed by atoms with E-state index in [-0.39, 0.29) is 24.8 Å². The Kier molecular flexibility index (Phi) is 6.19. The molecule has 0 radical (unpaired) electrons. The minimum absolute atomic E-state index is 0.0226. The van der Waals surface area contributed by atoms with Gasteiger partial charge in [0.05, 0.1) is 13.0 Å². The standard InChI is InChI=1S/C20H23ClN4O2/c21-16-3-7-18(8-4-16)24-9-11-25(12-10-24)20(27)14-23-19(26)13-15-1-5-17(22)6-2-15/h1-8H,9-14,22H2,(H,23,26). The van der Waals surface area contributed by atoms with E-state index < -0.39 is 0 Å². The summed E-state index contributed by atoms with van der Waals surface area (Å²) in [5.74, 6) is -0.232. The summed E-state index contributed by atoms with van der Waals surface area (Å²) in [6, 6.07) is 14.8. The Morgan fingerprint density at radius 1 is 0.963 bits per heavy atom. The number of nitrogen functional groups attached to an aromatic ring is 1. The summed E-state index contributed by atoms with van der Waals surface area (Å²) < 4.78 is 0. The van der Waals surface area contributed by atoms with Gasteiger partial charge in [-0.2, -0.15) is 0 Å². The number of hydrogen-bond donors (Lipinski definition) is 2. The van der Waals surface area contributed by atoms with Crippen LogP contribution >= 0.6 is 11.6 Å². The van der Waals surface area contributed by atoms with E-state index in [9.17, 15) is 9.59 Å². The molecule has 2 amide bonds. The summed E-state index contributed by atoms with van der Waals surface area (Å²) in [7, 11) is 0. The summed E-state index contributed by atoms with van der Waals surface area (Å²) in [6.45, 7) is 2.80. The number of halogens is 1. The fourth-order valence-corrected chi connectivity index (χ4v) is 3.16. The molecule has 142 valence electrons. The molecule has 6 nitrogen and oxygen atoms in total. The van der Waals surface area contributed by atoms with Crippen LogP contribution in [0.2, 0.25) is 5.02 Å². The second kappa shape index (κ2) is 8.77. The minimum atomic E-state index is -0.173. The largest absolute Gasteiger partial charge is 0.399 e. The maximum Gasteiger partial charge on any atom is 0.242 e. The van der Waals surface area contributed by atoms with Crippen molar-refractivity contribution in [1.82, 2.24) is 10.2 Å². The smallest absolute Gasteiger partial charge is 0.242 e. The molecule has 1 saturated heterocycles. The van der Waals surface area contributed by atoms with E-state index in [4.69, 9.17) is 17.3 Å². The van der Waals surface area contributed by atoms with E-state index >= 15 is 0 Å². The lowest BCUT2D eigenvalue weighted by molar-refractivity contribution is -0.133. The lowest BCUT2D eigenvalue weighted by Crippen LogP contribution is -2.51. The van der Waals surface area contributed by atoms with Crippen molar-refractivity contribution >= 4 is 34.8 Å². The van der Waals surface area contributed by atoms with Crippen LogP contribution in [0.5, 0.6) is 0 Å². The highest BCUT2D eigenvalue weighted by Gasteiger charge is 2.21. The van der Waals surface area contributed by atoms with Crippen molar-refractivity contribution in [3.8, 4) is 0 Å². The van der Waals surface area contributed by atoms with Crippen LogP contribution in [0.25, 0.3) is 0 Å². The molecule has 0 aromatic heterocycles. The normalized spacial score (nSPS) is 14.1. The fourth-order valence-electron chi connectivity index (χ4n) is 3.04. The van der Waals surface area contributed by atoms with Crippen molar-refractivity contribution in [2.24, 2.45) is 0 Å². The number of hydrogen-bond acceptors (Lipinski definition) is 4. The Morgan fingerprint density at radius 3 is 2.22 bits per heavy atom. The Bertz CT molecular complexity index is 785. The molecule has 1 aliphatic heterocycles. The number of nitrogens with two attached hydrogens (primary N) is 1. The zero-order chi connectivity index (χ0) is 19.2. The first-order valence-corrected chi connectivity index (χ1v) is 9.28. The second-order valence-electron chi connectivity index (χ2n) is 6.54. The first kappa shape index (κ1) is 19.0. The van der Waals surface area contributed by atoms with E-state index in [2.05, 4.69) is 10.2 Å². The highest BCUT2D eigenvalue weighted by atomic mass is 35.5. The Morgan fingerprint density at radius 2 is 1.59 bits per heavy atom. The number of piperazine rings is 1. The number of anilines is 2. The lowest BCUT2D eigenvalue weighted by Gasteiger charge is -2.36. The van der Waals surface area contributed by atoms with Crippen molar-refractivity contribution in [2.45, 2.75) is 6.42 Å². The molecule has 2 aromatic carbocycles.